The number of Topliss-reactive ketones (excluding diaryl/α,β-unsaturated/α-hetero) is 1. The van der Waals surface area contributed by atoms with Crippen LogP contribution < -0.4 is 0 Å². The van der Waals surface area contributed by atoms with E-state index in [2.05, 4.69) is 18.7 Å². The minimum atomic E-state index is 0.394. The van der Waals surface area contributed by atoms with Crippen LogP contribution in [0.3, 0.4) is 0 Å². The van der Waals surface area contributed by atoms with Crippen molar-refractivity contribution in [3.63, 3.8) is 0 Å². The lowest BCUT2D eigenvalue weighted by molar-refractivity contribution is -0.120. The van der Waals surface area contributed by atoms with Crippen LogP contribution in [0.25, 0.3) is 0 Å². The third-order valence-electron chi connectivity index (χ3n) is 4.59. The Bertz CT molecular complexity index is 251. The van der Waals surface area contributed by atoms with Crippen LogP contribution in [0.15, 0.2) is 0 Å². The van der Waals surface area contributed by atoms with E-state index >= 15 is 0 Å². The molecule has 0 radical (unpaired) electrons. The van der Waals surface area contributed by atoms with E-state index in [1.807, 2.05) is 0 Å². The van der Waals surface area contributed by atoms with E-state index < -0.39 is 0 Å². The molecule has 3 atom stereocenters. The predicted octanol–water partition coefficient (Wildman–Crippen LogP) is 3.01. The van der Waals surface area contributed by atoms with E-state index in [0.29, 0.717) is 11.7 Å². The topological polar surface area (TPSA) is 20.3 Å². The first-order chi connectivity index (χ1) is 7.72. The number of rotatable bonds is 4. The largest absolute Gasteiger partial charge is 0.299 e. The van der Waals surface area contributed by atoms with E-state index in [1.54, 1.807) is 0 Å². The van der Waals surface area contributed by atoms with Gasteiger partial charge in [0, 0.05) is 24.4 Å². The zero-order chi connectivity index (χ0) is 11.5. The summed E-state index contributed by atoms with van der Waals surface area (Å²) in [5, 5.41) is 0. The van der Waals surface area contributed by atoms with Crippen LogP contribution in [0.5, 0.6) is 0 Å². The molecule has 2 heteroatoms. The van der Waals surface area contributed by atoms with Crippen LogP contribution >= 0.6 is 0 Å². The number of ketones is 1. The van der Waals surface area contributed by atoms with Crippen molar-refractivity contribution in [2.24, 2.45) is 5.92 Å². The van der Waals surface area contributed by atoms with Crippen molar-refractivity contribution in [2.45, 2.75) is 70.9 Å². The van der Waals surface area contributed by atoms with Crippen LogP contribution in [0, 0.1) is 5.92 Å². The molecule has 2 nitrogen and oxygen atoms in total. The molecular formula is C14H25NO. The quantitative estimate of drug-likeness (QED) is 0.730. The highest BCUT2D eigenvalue weighted by Gasteiger charge is 2.31. The minimum Gasteiger partial charge on any atom is -0.299 e. The Hall–Kier alpha value is -0.370. The van der Waals surface area contributed by atoms with Gasteiger partial charge in [0.2, 0.25) is 0 Å². The number of carbonyl (C=O) groups is 1. The Morgan fingerprint density at radius 3 is 2.75 bits per heavy atom. The molecular weight excluding hydrogens is 198 g/mol. The summed E-state index contributed by atoms with van der Waals surface area (Å²) in [6.07, 6.45) is 8.21. The molecule has 0 amide bonds. The maximum Gasteiger partial charge on any atom is 0.136 e. The van der Waals surface area contributed by atoms with Gasteiger partial charge < -0.3 is 0 Å². The molecule has 3 unspecified atom stereocenters. The number of hydrogen-bond acceptors (Lipinski definition) is 2. The molecule has 1 heterocycles. The Morgan fingerprint density at radius 2 is 2.12 bits per heavy atom. The summed E-state index contributed by atoms with van der Waals surface area (Å²) in [5.41, 5.74) is 0. The standard InChI is InChI=1S/C14H25NO/c1-3-13-8-7-11(2)15(13)10-9-12-5-4-6-14(12)16/h11-13H,3-10H2,1-2H3. The molecule has 2 aliphatic rings. The van der Waals surface area contributed by atoms with Gasteiger partial charge in [-0.25, -0.2) is 0 Å². The van der Waals surface area contributed by atoms with Gasteiger partial charge in [0.25, 0.3) is 0 Å². The van der Waals surface area contributed by atoms with Crippen LogP contribution in [0.2, 0.25) is 0 Å². The Morgan fingerprint density at radius 1 is 1.31 bits per heavy atom. The highest BCUT2D eigenvalue weighted by atomic mass is 16.1. The van der Waals surface area contributed by atoms with Crippen LogP contribution in [-0.2, 0) is 4.79 Å². The van der Waals surface area contributed by atoms with Gasteiger partial charge in [-0.05, 0) is 52.0 Å². The molecule has 0 aromatic carbocycles. The minimum absolute atomic E-state index is 0.394. The van der Waals surface area contributed by atoms with Crippen LogP contribution in [0.4, 0.5) is 0 Å². The molecule has 0 spiro atoms. The van der Waals surface area contributed by atoms with E-state index in [9.17, 15) is 4.79 Å². The summed E-state index contributed by atoms with van der Waals surface area (Å²) >= 11 is 0. The van der Waals surface area contributed by atoms with Gasteiger partial charge in [-0.2, -0.15) is 0 Å². The van der Waals surface area contributed by atoms with Crippen LogP contribution in [-0.4, -0.2) is 29.3 Å². The SMILES string of the molecule is CCC1CCC(C)N1CCC1CCCC1=O. The first kappa shape index (κ1) is 12.1. The number of likely N-dealkylation sites (tertiary alicyclic amines) is 1. The summed E-state index contributed by atoms with van der Waals surface area (Å²) in [6.45, 7) is 5.78. The molecule has 0 aromatic rings. The fourth-order valence-electron chi connectivity index (χ4n) is 3.46. The molecule has 1 aliphatic carbocycles. The van der Waals surface area contributed by atoms with Crippen molar-refractivity contribution in [3.8, 4) is 0 Å². The molecule has 1 aliphatic heterocycles. The van der Waals surface area contributed by atoms with Gasteiger partial charge in [0.1, 0.15) is 5.78 Å². The van der Waals surface area contributed by atoms with Crippen molar-refractivity contribution in [1.82, 2.24) is 4.90 Å². The third kappa shape index (κ3) is 2.48. The Balaban J connectivity index is 1.81. The van der Waals surface area contributed by atoms with Crippen molar-refractivity contribution in [1.29, 1.82) is 0 Å². The molecule has 0 N–H and O–H groups in total. The molecule has 2 fully saturated rings. The molecule has 0 aromatic heterocycles. The lowest BCUT2D eigenvalue weighted by Gasteiger charge is -2.28. The predicted molar refractivity (Wildman–Crippen MR) is 66.4 cm³/mol. The molecule has 1 saturated heterocycles. The lowest BCUT2D eigenvalue weighted by Crippen LogP contribution is -2.36. The average molecular weight is 223 g/mol. The van der Waals surface area contributed by atoms with Gasteiger partial charge in [-0.1, -0.05) is 6.92 Å². The highest BCUT2D eigenvalue weighted by Crippen LogP contribution is 2.29. The average Bonchev–Trinajstić information content (AvgIpc) is 2.82. The maximum absolute atomic E-state index is 11.6. The van der Waals surface area contributed by atoms with E-state index in [4.69, 9.17) is 0 Å². The second-order valence-electron chi connectivity index (χ2n) is 5.57. The van der Waals surface area contributed by atoms with Crippen molar-refractivity contribution >= 4 is 5.78 Å². The summed E-state index contributed by atoms with van der Waals surface area (Å²) in [6, 6.07) is 1.52. The maximum atomic E-state index is 11.6. The second-order valence-corrected chi connectivity index (χ2v) is 5.57. The smallest absolute Gasteiger partial charge is 0.136 e. The first-order valence-corrected chi connectivity index (χ1v) is 7.00. The third-order valence-corrected chi connectivity index (χ3v) is 4.59. The zero-order valence-corrected chi connectivity index (χ0v) is 10.7. The van der Waals surface area contributed by atoms with E-state index in [1.165, 1.54) is 19.3 Å². The van der Waals surface area contributed by atoms with Crippen molar-refractivity contribution in [3.05, 3.63) is 0 Å². The number of carbonyl (C=O) groups excluding carboxylic acids is 1. The number of hydrogen-bond donors (Lipinski definition) is 0. The second kappa shape index (κ2) is 5.31. The summed E-state index contributed by atoms with van der Waals surface area (Å²) in [7, 11) is 0. The molecule has 1 saturated carbocycles. The summed E-state index contributed by atoms with van der Waals surface area (Å²) < 4.78 is 0. The zero-order valence-electron chi connectivity index (χ0n) is 10.7. The van der Waals surface area contributed by atoms with Gasteiger partial charge in [0.15, 0.2) is 0 Å². The summed E-state index contributed by atoms with van der Waals surface area (Å²) in [5.74, 6) is 0.921. The van der Waals surface area contributed by atoms with Gasteiger partial charge in [-0.3, -0.25) is 9.69 Å². The Kier molecular flexibility index (Phi) is 4.01. The fourth-order valence-corrected chi connectivity index (χ4v) is 3.46. The van der Waals surface area contributed by atoms with Gasteiger partial charge >= 0.3 is 0 Å². The fraction of sp³-hybridized carbons (Fsp3) is 0.929. The van der Waals surface area contributed by atoms with Gasteiger partial charge in [-0.15, -0.1) is 0 Å². The van der Waals surface area contributed by atoms with E-state index in [-0.39, 0.29) is 0 Å². The monoisotopic (exact) mass is 223 g/mol. The van der Waals surface area contributed by atoms with Gasteiger partial charge in [0.05, 0.1) is 0 Å². The van der Waals surface area contributed by atoms with Crippen molar-refractivity contribution < 1.29 is 4.79 Å². The normalized spacial score (nSPS) is 36.1. The molecule has 2 rings (SSSR count). The number of nitrogens with zero attached hydrogens (tertiary/aromatic N) is 1. The molecule has 16 heavy (non-hydrogen) atoms. The highest BCUT2D eigenvalue weighted by molar-refractivity contribution is 5.82. The van der Waals surface area contributed by atoms with Crippen LogP contribution in [0.1, 0.15) is 58.8 Å². The van der Waals surface area contributed by atoms with Crippen molar-refractivity contribution in [2.75, 3.05) is 6.54 Å². The molecule has 92 valence electrons. The molecule has 0 bridgehead atoms. The summed E-state index contributed by atoms with van der Waals surface area (Å²) in [4.78, 5) is 14.2. The first-order valence-electron chi connectivity index (χ1n) is 7.00. The lowest BCUT2D eigenvalue weighted by atomic mass is 10.0. The van der Waals surface area contributed by atoms with E-state index in [0.717, 1.165) is 44.3 Å². The Labute approximate surface area is 99.4 Å².